The normalized spacial score (nSPS) is 11.8. The van der Waals surface area contributed by atoms with Gasteiger partial charge in [0.15, 0.2) is 0 Å². The Hall–Kier alpha value is -12.8. The van der Waals surface area contributed by atoms with Gasteiger partial charge in [-0.2, -0.15) is 15.3 Å². The largest absolute Gasteiger partial charge is 0.498 e. The first-order valence-electron chi connectivity index (χ1n) is 42.2. The van der Waals surface area contributed by atoms with Crippen molar-refractivity contribution in [2.75, 3.05) is 5.73 Å². The number of halogens is 4. The van der Waals surface area contributed by atoms with Crippen molar-refractivity contribution in [1.82, 2.24) is 29.3 Å². The number of nitrogens with zero attached hydrogens (tertiary/aromatic N) is 8. The second-order valence-electron chi connectivity index (χ2n) is 30.7. The van der Waals surface area contributed by atoms with Crippen molar-refractivity contribution >= 4 is 141 Å². The van der Waals surface area contributed by atoms with E-state index in [1.54, 1.807) is 60.4 Å². The molecule has 25 heteroatoms. The summed E-state index contributed by atoms with van der Waals surface area (Å²) in [5, 5.41) is 49.3. The number of benzene rings is 15. The predicted octanol–water partition coefficient (Wildman–Crippen LogP) is 20.9. The van der Waals surface area contributed by atoms with E-state index in [0.29, 0.717) is 22.4 Å². The molecule has 19 rings (SSSR count). The summed E-state index contributed by atoms with van der Waals surface area (Å²) in [5.74, 6) is -1.57. The predicted molar refractivity (Wildman–Crippen MR) is 549 cm³/mol. The molecule has 0 aliphatic carbocycles. The third-order valence-electron chi connectivity index (χ3n) is 20.7. The van der Waals surface area contributed by atoms with Crippen molar-refractivity contribution in [2.24, 2.45) is 21.1 Å². The fraction of sp³-hybridized carbons (Fsp3) is 0.0833. The van der Waals surface area contributed by atoms with Gasteiger partial charge in [-0.25, -0.2) is 13.2 Å². The van der Waals surface area contributed by atoms with E-state index < -0.39 is 53.2 Å². The molecule has 2 N–H and O–H groups in total. The number of non-ortho nitro benzene ring substituents is 2. The van der Waals surface area contributed by atoms with Crippen LogP contribution in [0.3, 0.4) is 0 Å². The van der Waals surface area contributed by atoms with E-state index in [1.807, 2.05) is 40.9 Å². The van der Waals surface area contributed by atoms with Crippen molar-refractivity contribution in [3.8, 4) is 22.3 Å². The van der Waals surface area contributed by atoms with Crippen LogP contribution < -0.4 is 74.9 Å². The van der Waals surface area contributed by atoms with Crippen LogP contribution in [-0.2, 0) is 50.9 Å². The van der Waals surface area contributed by atoms with Crippen molar-refractivity contribution < 1.29 is 52.7 Å². The van der Waals surface area contributed by atoms with Crippen LogP contribution in [0, 0.1) is 37.7 Å². The molecule has 0 saturated carbocycles. The molecule has 0 spiro atoms. The van der Waals surface area contributed by atoms with E-state index in [0.717, 1.165) is 23.2 Å². The average Bonchev–Trinajstić information content (AvgIpc) is 1.62. The molecule has 672 valence electrons. The maximum Gasteiger partial charge on any atom is 0.498 e. The molecule has 0 radical (unpaired) electrons. The Morgan fingerprint density at radius 1 is 0.323 bits per heavy atom. The van der Waals surface area contributed by atoms with Crippen molar-refractivity contribution in [1.29, 1.82) is 0 Å². The smallest absolute Gasteiger partial charge is 0.399 e. The van der Waals surface area contributed by atoms with Gasteiger partial charge in [-0.1, -0.05) is 364 Å². The summed E-state index contributed by atoms with van der Waals surface area (Å²) in [6.07, 6.45) is 10.2. The second-order valence-corrected chi connectivity index (χ2v) is 40.5. The molecule has 0 amide bonds. The molecular formula is C108H98BBrF3N9O6P4Pd. The van der Waals surface area contributed by atoms with E-state index in [-0.39, 0.29) is 60.4 Å². The van der Waals surface area contributed by atoms with Crippen LogP contribution in [0.15, 0.2) is 460 Å². The van der Waals surface area contributed by atoms with Gasteiger partial charge in [-0.15, -0.1) is 0 Å². The third kappa shape index (κ3) is 29.3. The topological polar surface area (TPSA) is 184 Å². The number of aromatic nitrogens is 6. The maximum atomic E-state index is 13.6. The average molecular weight is 2000 g/mol. The van der Waals surface area contributed by atoms with Gasteiger partial charge in [0.25, 0.3) is 11.4 Å². The van der Waals surface area contributed by atoms with Gasteiger partial charge in [0.2, 0.25) is 0 Å². The molecule has 1 aliphatic rings. The van der Waals surface area contributed by atoms with Crippen LogP contribution in [0.25, 0.3) is 22.3 Å². The van der Waals surface area contributed by atoms with Crippen LogP contribution in [-0.4, -0.2) is 57.5 Å². The van der Waals surface area contributed by atoms with Crippen LogP contribution in [0.2, 0.25) is 0 Å². The fourth-order valence-corrected chi connectivity index (χ4v) is 23.1. The number of anilines is 1. The number of nitro benzene ring substituents is 2. The minimum atomic E-state index is -0.643. The number of rotatable bonds is 17. The van der Waals surface area contributed by atoms with Crippen LogP contribution in [0.1, 0.15) is 27.7 Å². The number of hydrogen-bond donors (Lipinski definition) is 1. The Labute approximate surface area is 802 Å². The number of nitrogens with two attached hydrogens (primary N) is 1. The summed E-state index contributed by atoms with van der Waals surface area (Å²) in [6, 6.07) is 141. The first kappa shape index (κ1) is 101. The van der Waals surface area contributed by atoms with Gasteiger partial charge >= 0.3 is 7.12 Å². The minimum Gasteiger partial charge on any atom is -0.399 e. The SMILES string of the molecule is Cn1cc(-c2ccc(N)cc2F)cn1.Cn1cc(-c2ccc([N+](=O)[O-])cc2F)cn1.Cn1cc(B2OC(C)(C)C(C)(C)O2)cn1.O=[N+]([O-])c1ccc(Br)c(F)c1.[Pd].c1ccc(P(c2ccccc2)c2ccccc2)cc1.c1ccc(P(c2ccccc2)c2ccccc2)cc1.c1ccc(P(c2ccccc2)c2ccccc2)cc1.c1ccc(P(c2ccccc2)c2ccccc2)cc1. The number of hydrogen-bond acceptors (Lipinski definition) is 10. The Morgan fingerprint density at radius 3 is 0.744 bits per heavy atom. The molecule has 0 bridgehead atoms. The van der Waals surface area contributed by atoms with Gasteiger partial charge in [0.1, 0.15) is 17.5 Å². The molecule has 1 fully saturated rings. The molecule has 15 aromatic carbocycles. The standard InChI is InChI=1S/4C18H15P.C10H17BN2O2.C10H8FN3O2.C10H10FN3.C6H3BrFNO2.Pd/c4*1-4-10-16(11-5-1)19(17-12-6-2-7-13-17)18-14-8-3-9-15-18;1-9(2)10(3,4)15-11(14-9)8-6-12-13(5)7-8;1-13-6-7(5-12-13)9-3-2-8(14(15)16)4-10(9)11;1-14-6-7(5-13-14)9-3-2-8(12)4-10(9)11;7-5-2-1-4(9(10)11)3-6(5)8;/h4*1-15H;6-7H,1-5H3;2-6H,1H3;2-6H,12H2,1H3;1-3H;. The van der Waals surface area contributed by atoms with Crippen molar-refractivity contribution in [3.63, 3.8) is 0 Å². The van der Waals surface area contributed by atoms with Crippen molar-refractivity contribution in [2.45, 2.75) is 38.9 Å². The molecule has 0 atom stereocenters. The molecule has 3 aromatic heterocycles. The Bertz CT molecular complexity index is 5700. The van der Waals surface area contributed by atoms with Crippen LogP contribution in [0.5, 0.6) is 0 Å². The van der Waals surface area contributed by atoms with Gasteiger partial charge in [-0.05, 0) is 169 Å². The zero-order valence-electron chi connectivity index (χ0n) is 74.1. The number of nitro groups is 2. The summed E-state index contributed by atoms with van der Waals surface area (Å²) in [4.78, 5) is 19.2. The Kier molecular flexibility index (Phi) is 38.4. The van der Waals surface area contributed by atoms with Gasteiger partial charge < -0.3 is 15.0 Å². The zero-order chi connectivity index (χ0) is 93.2. The summed E-state index contributed by atoms with van der Waals surface area (Å²) in [6.45, 7) is 8.18. The third-order valence-corrected chi connectivity index (χ3v) is 31.1. The first-order valence-corrected chi connectivity index (χ1v) is 48.3. The molecule has 15 nitrogen and oxygen atoms in total. The van der Waals surface area contributed by atoms with E-state index in [1.165, 1.54) is 105 Å². The van der Waals surface area contributed by atoms with Crippen LogP contribution >= 0.6 is 47.6 Å². The van der Waals surface area contributed by atoms with E-state index in [4.69, 9.17) is 15.0 Å². The molecule has 133 heavy (non-hydrogen) atoms. The number of aryl methyl sites for hydroxylation is 3. The molecule has 0 unspecified atom stereocenters. The second kappa shape index (κ2) is 50.7. The Morgan fingerprint density at radius 2 is 0.541 bits per heavy atom. The summed E-state index contributed by atoms with van der Waals surface area (Å²) in [5.41, 5.74) is 7.94. The quantitative estimate of drug-likeness (QED) is 0.0302. The first-order chi connectivity index (χ1) is 64.0. The monoisotopic (exact) mass is 1990 g/mol. The molecular weight excluding hydrogens is 1900 g/mol. The molecule has 18 aromatic rings. The summed E-state index contributed by atoms with van der Waals surface area (Å²) < 4.78 is 56.5. The minimum absolute atomic E-state index is 0. The van der Waals surface area contributed by atoms with E-state index >= 15 is 0 Å². The Balaban J connectivity index is 0.000000147. The fourth-order valence-electron chi connectivity index (χ4n) is 13.6. The molecule has 1 saturated heterocycles. The van der Waals surface area contributed by atoms with E-state index in [2.05, 4.69) is 395 Å². The molecule has 1 aliphatic heterocycles. The zero-order valence-corrected chi connectivity index (χ0v) is 80.8. The summed E-state index contributed by atoms with van der Waals surface area (Å²) >= 11 is 2.88. The van der Waals surface area contributed by atoms with Gasteiger partial charge in [0.05, 0.1) is 50.0 Å². The van der Waals surface area contributed by atoms with E-state index in [9.17, 15) is 33.4 Å². The van der Waals surface area contributed by atoms with Crippen LogP contribution in [0.4, 0.5) is 30.2 Å². The summed E-state index contributed by atoms with van der Waals surface area (Å²) in [7, 11) is 3.30. The van der Waals surface area contributed by atoms with Gasteiger partial charge in [-0.3, -0.25) is 34.3 Å². The van der Waals surface area contributed by atoms with Crippen molar-refractivity contribution in [3.05, 3.63) is 498 Å². The number of nitrogen functional groups attached to an aromatic ring is 1. The van der Waals surface area contributed by atoms with Gasteiger partial charge in [0, 0.05) is 112 Å². The molecule has 4 heterocycles. The maximum absolute atomic E-state index is 13.6.